The summed E-state index contributed by atoms with van der Waals surface area (Å²) >= 11 is 0. The number of ether oxygens (including phenoxy) is 5. The average molecular weight is 545 g/mol. The second-order valence-electron chi connectivity index (χ2n) is 13.9. The minimum absolute atomic E-state index is 0.00880. The predicted molar refractivity (Wildman–Crippen MR) is 149 cm³/mol. The summed E-state index contributed by atoms with van der Waals surface area (Å²) in [7, 11) is 0. The first kappa shape index (κ1) is 28.2. The fourth-order valence-corrected chi connectivity index (χ4v) is 9.86. The highest BCUT2D eigenvalue weighted by Crippen LogP contribution is 2.67. The van der Waals surface area contributed by atoms with E-state index in [1.807, 2.05) is 6.92 Å². The number of esters is 1. The molecule has 2 unspecified atom stereocenters. The summed E-state index contributed by atoms with van der Waals surface area (Å²) in [5, 5.41) is 0. The second kappa shape index (κ2) is 11.7. The third kappa shape index (κ3) is 5.37. The lowest BCUT2D eigenvalue weighted by atomic mass is 9.46. The Labute approximate surface area is 235 Å². The van der Waals surface area contributed by atoms with Gasteiger partial charge in [-0.3, -0.25) is 4.79 Å². The van der Waals surface area contributed by atoms with Crippen LogP contribution in [0.2, 0.25) is 0 Å². The molecule has 0 aromatic carbocycles. The van der Waals surface area contributed by atoms with E-state index in [0.29, 0.717) is 36.7 Å². The Morgan fingerprint density at radius 2 is 1.69 bits per heavy atom. The number of hydrogen-bond acceptors (Lipinski definition) is 6. The molecule has 0 radical (unpaired) electrons. The molecule has 2 aliphatic heterocycles. The summed E-state index contributed by atoms with van der Waals surface area (Å²) in [6.45, 7) is 9.02. The summed E-state index contributed by atoms with van der Waals surface area (Å²) < 4.78 is 31.1. The third-order valence-corrected chi connectivity index (χ3v) is 12.0. The largest absolute Gasteiger partial charge is 0.466 e. The van der Waals surface area contributed by atoms with Crippen molar-refractivity contribution in [3.63, 3.8) is 0 Å². The summed E-state index contributed by atoms with van der Waals surface area (Å²) in [6.07, 6.45) is 17.8. The van der Waals surface area contributed by atoms with Gasteiger partial charge in [0.15, 0.2) is 12.6 Å². The fourth-order valence-electron chi connectivity index (χ4n) is 9.86. The van der Waals surface area contributed by atoms with Crippen molar-refractivity contribution < 1.29 is 28.5 Å². The maximum absolute atomic E-state index is 12.5. The predicted octanol–water partition coefficient (Wildman–Crippen LogP) is 6.95. The van der Waals surface area contributed by atoms with E-state index in [-0.39, 0.29) is 41.6 Å². The van der Waals surface area contributed by atoms with Crippen LogP contribution in [0.15, 0.2) is 11.6 Å². The average Bonchev–Trinajstić information content (AvgIpc) is 3.26. The van der Waals surface area contributed by atoms with E-state index < -0.39 is 0 Å². The first-order chi connectivity index (χ1) is 18.9. The molecule has 6 heteroatoms. The van der Waals surface area contributed by atoms with Gasteiger partial charge in [0, 0.05) is 31.5 Å². The van der Waals surface area contributed by atoms with Crippen LogP contribution in [0.1, 0.15) is 111 Å². The first-order valence-electron chi connectivity index (χ1n) is 16.3. The smallest absolute Gasteiger partial charge is 0.306 e. The van der Waals surface area contributed by atoms with Gasteiger partial charge < -0.3 is 23.7 Å². The van der Waals surface area contributed by atoms with Gasteiger partial charge in [-0.2, -0.15) is 0 Å². The topological polar surface area (TPSA) is 63.2 Å². The van der Waals surface area contributed by atoms with Crippen molar-refractivity contribution in [2.75, 3.05) is 19.8 Å². The Kier molecular flexibility index (Phi) is 8.48. The molecule has 2 heterocycles. The van der Waals surface area contributed by atoms with Crippen LogP contribution in [-0.2, 0) is 28.5 Å². The van der Waals surface area contributed by atoms with E-state index in [4.69, 9.17) is 23.7 Å². The molecular formula is C33H52O6. The number of hydrogen-bond donors (Lipinski definition) is 0. The Morgan fingerprint density at radius 1 is 0.949 bits per heavy atom. The maximum Gasteiger partial charge on any atom is 0.306 e. The number of fused-ring (bicyclic) bond motifs is 5. The van der Waals surface area contributed by atoms with Crippen molar-refractivity contribution in [3.8, 4) is 0 Å². The third-order valence-electron chi connectivity index (χ3n) is 12.0. The van der Waals surface area contributed by atoms with E-state index in [1.165, 1.54) is 32.1 Å². The molecule has 0 aromatic rings. The normalized spacial score (nSPS) is 46.0. The number of carbonyl (C=O) groups excluding carboxylic acids is 1. The van der Waals surface area contributed by atoms with Gasteiger partial charge in [-0.05, 0) is 113 Å². The van der Waals surface area contributed by atoms with Crippen molar-refractivity contribution in [2.24, 2.45) is 34.5 Å². The molecular weight excluding hydrogens is 492 g/mol. The van der Waals surface area contributed by atoms with Gasteiger partial charge in [0.1, 0.15) is 0 Å². The number of allylic oxidation sites excluding steroid dienone is 1. The molecule has 5 fully saturated rings. The van der Waals surface area contributed by atoms with E-state index in [2.05, 4.69) is 19.9 Å². The Hall–Kier alpha value is -0.950. The molecule has 6 rings (SSSR count). The lowest BCUT2D eigenvalue weighted by Crippen LogP contribution is -2.57. The zero-order valence-electron chi connectivity index (χ0n) is 24.7. The maximum atomic E-state index is 12.5. The molecule has 10 atom stereocenters. The highest BCUT2D eigenvalue weighted by molar-refractivity contribution is 5.69. The minimum Gasteiger partial charge on any atom is -0.466 e. The quantitative estimate of drug-likeness (QED) is 0.255. The first-order valence-corrected chi connectivity index (χ1v) is 16.3. The standard InChI is InChI=1S/C33H52O6/c1-4-35-29(34)20-22-12-14-26-25-13-11-23-19-24(38-30-9-5-7-17-36-30)21-28(39-31-10-6-8-18-37-31)33(23,3)27(25)15-16-32(22,26)2/h11,22,24-28,30-31H,4-10,12-21H2,1-3H3/t22-,24-,25+,26+,27+,28+,30?,31?,32-,33+/m1/s1. The molecule has 0 N–H and O–H groups in total. The SMILES string of the molecule is CCOC(=O)C[C@H]1CC[C@H]2[C@@H]3CC=C4C[C@@H](OC5CCCCO5)C[C@H](OC5CCCCO5)[C@]4(C)[C@H]3CC[C@]12C. The summed E-state index contributed by atoms with van der Waals surface area (Å²) in [4.78, 5) is 12.5. The molecule has 4 aliphatic carbocycles. The molecule has 0 spiro atoms. The molecule has 6 nitrogen and oxygen atoms in total. The van der Waals surface area contributed by atoms with Gasteiger partial charge in [0.2, 0.25) is 0 Å². The van der Waals surface area contributed by atoms with Gasteiger partial charge in [0.05, 0.1) is 18.8 Å². The van der Waals surface area contributed by atoms with Crippen LogP contribution in [-0.4, -0.2) is 50.6 Å². The molecule has 3 saturated carbocycles. The second-order valence-corrected chi connectivity index (χ2v) is 13.9. The lowest BCUT2D eigenvalue weighted by Gasteiger charge is -2.60. The summed E-state index contributed by atoms with van der Waals surface area (Å²) in [6, 6.07) is 0. The van der Waals surface area contributed by atoms with E-state index in [9.17, 15) is 4.79 Å². The van der Waals surface area contributed by atoms with Gasteiger partial charge in [-0.15, -0.1) is 0 Å². The van der Waals surface area contributed by atoms with Crippen LogP contribution in [0.3, 0.4) is 0 Å². The Balaban J connectivity index is 1.24. The van der Waals surface area contributed by atoms with Gasteiger partial charge in [0.25, 0.3) is 0 Å². The van der Waals surface area contributed by atoms with Gasteiger partial charge >= 0.3 is 5.97 Å². The van der Waals surface area contributed by atoms with Crippen molar-refractivity contribution in [2.45, 2.75) is 135 Å². The lowest BCUT2D eigenvalue weighted by molar-refractivity contribution is -0.248. The molecule has 0 bridgehead atoms. The van der Waals surface area contributed by atoms with Crippen LogP contribution in [0, 0.1) is 34.5 Å². The van der Waals surface area contributed by atoms with Crippen LogP contribution in [0.4, 0.5) is 0 Å². The Morgan fingerprint density at radius 3 is 2.38 bits per heavy atom. The van der Waals surface area contributed by atoms with Crippen LogP contribution in [0.5, 0.6) is 0 Å². The van der Waals surface area contributed by atoms with Crippen LogP contribution in [0.25, 0.3) is 0 Å². The monoisotopic (exact) mass is 544 g/mol. The molecule has 220 valence electrons. The van der Waals surface area contributed by atoms with Crippen molar-refractivity contribution in [3.05, 3.63) is 11.6 Å². The van der Waals surface area contributed by atoms with Crippen LogP contribution < -0.4 is 0 Å². The van der Waals surface area contributed by atoms with E-state index in [1.54, 1.807) is 5.57 Å². The number of carbonyl (C=O) groups is 1. The van der Waals surface area contributed by atoms with E-state index in [0.717, 1.165) is 64.6 Å². The highest BCUT2D eigenvalue weighted by atomic mass is 16.7. The van der Waals surface area contributed by atoms with Crippen molar-refractivity contribution in [1.29, 1.82) is 0 Å². The highest BCUT2D eigenvalue weighted by Gasteiger charge is 2.61. The van der Waals surface area contributed by atoms with Gasteiger partial charge in [-0.25, -0.2) is 0 Å². The summed E-state index contributed by atoms with van der Waals surface area (Å²) in [5.74, 6) is 2.37. The molecule has 39 heavy (non-hydrogen) atoms. The van der Waals surface area contributed by atoms with Crippen LogP contribution >= 0.6 is 0 Å². The number of rotatable bonds is 7. The Bertz CT molecular complexity index is 891. The molecule has 0 amide bonds. The zero-order chi connectivity index (χ0) is 27.0. The molecule has 2 saturated heterocycles. The molecule has 6 aliphatic rings. The van der Waals surface area contributed by atoms with Crippen molar-refractivity contribution in [1.82, 2.24) is 0 Å². The van der Waals surface area contributed by atoms with Crippen molar-refractivity contribution >= 4 is 5.97 Å². The van der Waals surface area contributed by atoms with Gasteiger partial charge in [-0.1, -0.05) is 25.5 Å². The zero-order valence-corrected chi connectivity index (χ0v) is 24.7. The molecule has 0 aromatic heterocycles. The fraction of sp³-hybridized carbons (Fsp3) is 0.909. The summed E-state index contributed by atoms with van der Waals surface area (Å²) in [5.41, 5.74) is 1.80. The minimum atomic E-state index is -0.0961. The van der Waals surface area contributed by atoms with E-state index >= 15 is 0 Å².